The predicted octanol–water partition coefficient (Wildman–Crippen LogP) is 3.91. The van der Waals surface area contributed by atoms with Gasteiger partial charge in [-0.3, -0.25) is 0 Å². The first-order valence-corrected chi connectivity index (χ1v) is 11.0. The summed E-state index contributed by atoms with van der Waals surface area (Å²) >= 11 is 1.69. The zero-order chi connectivity index (χ0) is 20.6. The van der Waals surface area contributed by atoms with Crippen LogP contribution in [0.5, 0.6) is 0 Å². The summed E-state index contributed by atoms with van der Waals surface area (Å²) in [6.07, 6.45) is 0.370. The van der Waals surface area contributed by atoms with Gasteiger partial charge < -0.3 is 15.2 Å². The summed E-state index contributed by atoms with van der Waals surface area (Å²) in [5.41, 5.74) is 2.42. The van der Waals surface area contributed by atoms with Crippen molar-refractivity contribution in [1.29, 1.82) is 0 Å². The van der Waals surface area contributed by atoms with Crippen LogP contribution in [0.2, 0.25) is 0 Å². The van der Waals surface area contributed by atoms with Crippen molar-refractivity contribution in [3.63, 3.8) is 0 Å². The Morgan fingerprint density at radius 3 is 2.72 bits per heavy atom. The van der Waals surface area contributed by atoms with Gasteiger partial charge in [-0.05, 0) is 54.8 Å². The van der Waals surface area contributed by atoms with E-state index in [0.29, 0.717) is 25.5 Å². The van der Waals surface area contributed by atoms with Crippen molar-refractivity contribution in [2.24, 2.45) is 5.92 Å². The molecular weight excluding hydrogens is 384 g/mol. The lowest BCUT2D eigenvalue weighted by molar-refractivity contribution is 0.0926. The second kappa shape index (κ2) is 10.7. The fourth-order valence-corrected chi connectivity index (χ4v) is 4.89. The number of hydrogen-bond donors (Lipinski definition) is 2. The number of carbonyl (C=O) groups is 1. The summed E-state index contributed by atoms with van der Waals surface area (Å²) in [4.78, 5) is 13.3. The van der Waals surface area contributed by atoms with Crippen molar-refractivity contribution >= 4 is 18.0 Å². The molecule has 0 saturated carbocycles. The van der Waals surface area contributed by atoms with Gasteiger partial charge in [0.05, 0.1) is 18.8 Å². The molecule has 6 heteroatoms. The van der Waals surface area contributed by atoms with Crippen molar-refractivity contribution in [2.75, 3.05) is 19.7 Å². The van der Waals surface area contributed by atoms with E-state index in [4.69, 9.17) is 4.74 Å². The molecule has 2 aromatic rings. The monoisotopic (exact) mass is 414 g/mol. The van der Waals surface area contributed by atoms with Crippen LogP contribution in [0.25, 0.3) is 0 Å². The largest absolute Gasteiger partial charge is 0.450 e. The lowest BCUT2D eigenvalue weighted by atomic mass is 10.00. The number of nitrogens with one attached hydrogen (secondary N) is 1. The molecule has 2 aromatic carbocycles. The number of hydrogen-bond acceptors (Lipinski definition) is 5. The second-order valence-electron chi connectivity index (χ2n) is 7.58. The van der Waals surface area contributed by atoms with E-state index >= 15 is 0 Å². The Balaban J connectivity index is 1.71. The van der Waals surface area contributed by atoms with E-state index < -0.39 is 18.2 Å². The minimum Gasteiger partial charge on any atom is -0.450 e. The van der Waals surface area contributed by atoms with Crippen molar-refractivity contribution in [3.05, 3.63) is 65.7 Å². The number of ether oxygens (including phenoxy) is 1. The first kappa shape index (κ1) is 21.7. The lowest BCUT2D eigenvalue weighted by Crippen LogP contribution is -2.49. The van der Waals surface area contributed by atoms with Crippen LogP contribution in [0.4, 0.5) is 4.79 Å². The molecule has 0 radical (unpaired) electrons. The summed E-state index contributed by atoms with van der Waals surface area (Å²) in [5, 5.41) is 13.9. The highest BCUT2D eigenvalue weighted by molar-refractivity contribution is 7.97. The van der Waals surface area contributed by atoms with Crippen molar-refractivity contribution in [3.8, 4) is 0 Å². The maximum atomic E-state index is 12.0. The van der Waals surface area contributed by atoms with Crippen molar-refractivity contribution in [2.45, 2.75) is 43.7 Å². The Bertz CT molecular complexity index is 787. The number of alkyl carbamates (subject to hydrolysis) is 1. The number of fused-ring (bicyclic) bond motifs is 1. The molecular formula is C23H30N2O3S. The van der Waals surface area contributed by atoms with Crippen LogP contribution < -0.4 is 5.32 Å². The van der Waals surface area contributed by atoms with E-state index in [0.717, 1.165) is 18.5 Å². The van der Waals surface area contributed by atoms with Gasteiger partial charge >= 0.3 is 6.09 Å². The van der Waals surface area contributed by atoms with E-state index in [-0.39, 0.29) is 0 Å². The Morgan fingerprint density at radius 1 is 1.24 bits per heavy atom. The molecule has 0 bridgehead atoms. The molecule has 29 heavy (non-hydrogen) atoms. The number of β-amino-alcohol motifs (C(OH)–C–C–N with tert-alkyl or cyclic N) is 1. The molecule has 0 fully saturated rings. The zero-order valence-electron chi connectivity index (χ0n) is 17.1. The number of benzene rings is 2. The summed E-state index contributed by atoms with van der Waals surface area (Å²) in [7, 11) is 0. The molecule has 3 rings (SSSR count). The highest BCUT2D eigenvalue weighted by Crippen LogP contribution is 2.32. The second-order valence-corrected chi connectivity index (χ2v) is 8.72. The molecule has 156 valence electrons. The molecule has 1 aliphatic rings. The Kier molecular flexibility index (Phi) is 7.98. The molecule has 0 unspecified atom stereocenters. The first-order valence-electron chi connectivity index (χ1n) is 10.2. The quantitative estimate of drug-likeness (QED) is 0.673. The number of carbonyl (C=O) groups excluding carboxylic acids is 1. The van der Waals surface area contributed by atoms with Crippen LogP contribution >= 0.6 is 11.9 Å². The average molecular weight is 415 g/mol. The van der Waals surface area contributed by atoms with Gasteiger partial charge in [0.25, 0.3) is 0 Å². The molecule has 0 aliphatic carbocycles. The molecule has 2 N–H and O–H groups in total. The molecule has 5 nitrogen and oxygen atoms in total. The van der Waals surface area contributed by atoms with Gasteiger partial charge in [-0.1, -0.05) is 55.5 Å². The molecule has 0 aromatic heterocycles. The van der Waals surface area contributed by atoms with E-state index in [1.54, 1.807) is 18.9 Å². The van der Waals surface area contributed by atoms with Crippen molar-refractivity contribution in [1.82, 2.24) is 9.62 Å². The zero-order valence-corrected chi connectivity index (χ0v) is 17.9. The van der Waals surface area contributed by atoms with Gasteiger partial charge in [0.15, 0.2) is 0 Å². The van der Waals surface area contributed by atoms with E-state index in [1.165, 1.54) is 10.5 Å². The smallest absolute Gasteiger partial charge is 0.407 e. The Labute approximate surface area is 177 Å². The van der Waals surface area contributed by atoms with Crippen LogP contribution in [-0.2, 0) is 17.6 Å². The number of rotatable bonds is 7. The third-order valence-corrected chi connectivity index (χ3v) is 6.17. The van der Waals surface area contributed by atoms with E-state index in [9.17, 15) is 9.90 Å². The fourth-order valence-electron chi connectivity index (χ4n) is 3.65. The van der Waals surface area contributed by atoms with Gasteiger partial charge in [0.2, 0.25) is 0 Å². The van der Waals surface area contributed by atoms with Crippen LogP contribution in [0.1, 0.15) is 25.0 Å². The molecule has 0 spiro atoms. The van der Waals surface area contributed by atoms with Crippen molar-refractivity contribution < 1.29 is 14.6 Å². The number of aliphatic hydroxyl groups is 1. The highest BCUT2D eigenvalue weighted by atomic mass is 32.2. The summed E-state index contributed by atoms with van der Waals surface area (Å²) in [6, 6.07) is 17.9. The number of nitrogens with zero attached hydrogens (tertiary/aromatic N) is 1. The van der Waals surface area contributed by atoms with Crippen LogP contribution in [0.15, 0.2) is 59.5 Å². The fraction of sp³-hybridized carbons (Fsp3) is 0.435. The van der Waals surface area contributed by atoms with Gasteiger partial charge in [-0.2, -0.15) is 0 Å². The minimum atomic E-state index is -0.718. The summed E-state index contributed by atoms with van der Waals surface area (Å²) in [5.74, 6) is 0.490. The standard InChI is InChI=1S/C23H30N2O3S/c1-3-28-23(27)24-20(14-18-9-5-4-6-10-18)21(26)16-25-15-17(2)13-19-11-7-8-12-22(19)29-25/h4-12,17,20-21,26H,3,13-16H2,1-2H3,(H,24,27)/t17-,20-,21+/m0/s1. The van der Waals surface area contributed by atoms with Gasteiger partial charge in [0, 0.05) is 18.0 Å². The normalized spacial score (nSPS) is 18.9. The van der Waals surface area contributed by atoms with Crippen LogP contribution in [0.3, 0.4) is 0 Å². The van der Waals surface area contributed by atoms with E-state index in [2.05, 4.69) is 40.8 Å². The lowest BCUT2D eigenvalue weighted by Gasteiger charge is -2.29. The number of amides is 1. The number of aliphatic hydroxyl groups excluding tert-OH is 1. The average Bonchev–Trinajstić information content (AvgIpc) is 2.85. The third kappa shape index (κ3) is 6.49. The summed E-state index contributed by atoms with van der Waals surface area (Å²) < 4.78 is 7.27. The molecule has 1 amide bonds. The first-order chi connectivity index (χ1) is 14.0. The molecule has 0 saturated heterocycles. The highest BCUT2D eigenvalue weighted by Gasteiger charge is 2.27. The Hall–Kier alpha value is -2.02. The van der Waals surface area contributed by atoms with Gasteiger partial charge in [-0.15, -0.1) is 0 Å². The van der Waals surface area contributed by atoms with Crippen LogP contribution in [0, 0.1) is 5.92 Å². The van der Waals surface area contributed by atoms with Crippen LogP contribution in [-0.4, -0.2) is 47.3 Å². The maximum absolute atomic E-state index is 12.0. The maximum Gasteiger partial charge on any atom is 0.407 e. The van der Waals surface area contributed by atoms with Gasteiger partial charge in [0.1, 0.15) is 0 Å². The van der Waals surface area contributed by atoms with E-state index in [1.807, 2.05) is 30.3 Å². The Morgan fingerprint density at radius 2 is 1.97 bits per heavy atom. The topological polar surface area (TPSA) is 61.8 Å². The molecule has 1 aliphatic heterocycles. The minimum absolute atomic E-state index is 0.302. The third-order valence-electron chi connectivity index (χ3n) is 5.02. The van der Waals surface area contributed by atoms with Gasteiger partial charge in [-0.25, -0.2) is 9.10 Å². The SMILES string of the molecule is CCOC(=O)N[C@@H](Cc1ccccc1)[C@H](O)CN1C[C@@H](C)Cc2ccccc2S1. The molecule has 3 atom stereocenters. The molecule has 1 heterocycles. The predicted molar refractivity (Wildman–Crippen MR) is 117 cm³/mol. The summed E-state index contributed by atoms with van der Waals surface area (Å²) in [6.45, 7) is 5.66.